The molecule has 0 aromatic rings. The number of aliphatic hydroxyl groups excluding tert-OH is 1. The summed E-state index contributed by atoms with van der Waals surface area (Å²) in [6.07, 6.45) is 0.893. The molecule has 4 heteroatoms. The molecular formula is C8H13NO3. The van der Waals surface area contributed by atoms with E-state index in [4.69, 9.17) is 5.11 Å². The van der Waals surface area contributed by atoms with Crippen LogP contribution in [0.5, 0.6) is 0 Å². The predicted octanol–water partition coefficient (Wildman–Crippen LogP) is 0.533. The van der Waals surface area contributed by atoms with Crippen LogP contribution in [0.4, 0.5) is 4.79 Å². The fourth-order valence-electron chi connectivity index (χ4n) is 1.46. The first kappa shape index (κ1) is 9.06. The SMILES string of the molecule is C=CC[C@H]1CN(C(=O)O)C[C@@H]1O. The minimum absolute atomic E-state index is 0.0265. The maximum atomic E-state index is 10.5. The average molecular weight is 171 g/mol. The summed E-state index contributed by atoms with van der Waals surface area (Å²) >= 11 is 0. The summed E-state index contributed by atoms with van der Waals surface area (Å²) in [4.78, 5) is 11.7. The number of amides is 1. The smallest absolute Gasteiger partial charge is 0.407 e. The molecule has 12 heavy (non-hydrogen) atoms. The van der Waals surface area contributed by atoms with Crippen LogP contribution in [-0.4, -0.2) is 40.4 Å². The molecule has 0 unspecified atom stereocenters. The third-order valence-corrected chi connectivity index (χ3v) is 2.15. The largest absolute Gasteiger partial charge is 0.465 e. The summed E-state index contributed by atoms with van der Waals surface area (Å²) in [6.45, 7) is 4.20. The fourth-order valence-corrected chi connectivity index (χ4v) is 1.46. The molecule has 4 nitrogen and oxygen atoms in total. The number of allylic oxidation sites excluding steroid dienone is 1. The summed E-state index contributed by atoms with van der Waals surface area (Å²) in [7, 11) is 0. The Kier molecular flexibility index (Phi) is 2.70. The third kappa shape index (κ3) is 1.76. The Morgan fingerprint density at radius 3 is 2.75 bits per heavy atom. The van der Waals surface area contributed by atoms with Crippen LogP contribution in [-0.2, 0) is 0 Å². The highest BCUT2D eigenvalue weighted by atomic mass is 16.4. The van der Waals surface area contributed by atoms with Crippen molar-refractivity contribution in [3.63, 3.8) is 0 Å². The standard InChI is InChI=1S/C8H13NO3/c1-2-3-6-4-9(8(11)12)5-7(6)10/h2,6-7,10H,1,3-5H2,(H,11,12)/t6-,7-/m0/s1. The minimum Gasteiger partial charge on any atom is -0.465 e. The minimum atomic E-state index is -0.958. The van der Waals surface area contributed by atoms with Crippen molar-refractivity contribution in [2.75, 3.05) is 13.1 Å². The Morgan fingerprint density at radius 1 is 1.67 bits per heavy atom. The fraction of sp³-hybridized carbons (Fsp3) is 0.625. The van der Waals surface area contributed by atoms with Gasteiger partial charge in [-0.3, -0.25) is 0 Å². The van der Waals surface area contributed by atoms with Crippen LogP contribution in [0.3, 0.4) is 0 Å². The molecule has 1 aliphatic rings. The monoisotopic (exact) mass is 171 g/mol. The predicted molar refractivity (Wildman–Crippen MR) is 43.9 cm³/mol. The number of hydrogen-bond donors (Lipinski definition) is 2. The van der Waals surface area contributed by atoms with Gasteiger partial charge in [0.1, 0.15) is 0 Å². The van der Waals surface area contributed by atoms with Crippen molar-refractivity contribution in [3.05, 3.63) is 12.7 Å². The molecule has 1 amide bonds. The highest BCUT2D eigenvalue weighted by molar-refractivity contribution is 5.65. The number of nitrogens with zero attached hydrogens (tertiary/aromatic N) is 1. The molecule has 1 fully saturated rings. The van der Waals surface area contributed by atoms with E-state index in [9.17, 15) is 9.90 Å². The van der Waals surface area contributed by atoms with Crippen LogP contribution in [0.2, 0.25) is 0 Å². The van der Waals surface area contributed by atoms with Gasteiger partial charge in [-0.25, -0.2) is 4.79 Å². The van der Waals surface area contributed by atoms with Gasteiger partial charge in [0.25, 0.3) is 0 Å². The van der Waals surface area contributed by atoms with Crippen molar-refractivity contribution in [1.29, 1.82) is 0 Å². The van der Waals surface area contributed by atoms with Gasteiger partial charge in [0.15, 0.2) is 0 Å². The maximum absolute atomic E-state index is 10.5. The molecule has 1 heterocycles. The average Bonchev–Trinajstić information content (AvgIpc) is 2.34. The van der Waals surface area contributed by atoms with E-state index in [2.05, 4.69) is 6.58 Å². The molecule has 0 aromatic heterocycles. The van der Waals surface area contributed by atoms with Gasteiger partial charge in [-0.1, -0.05) is 6.08 Å². The lowest BCUT2D eigenvalue weighted by Gasteiger charge is -2.09. The number of carboxylic acid groups (broad SMARTS) is 1. The number of carbonyl (C=O) groups is 1. The molecule has 0 aliphatic carbocycles. The van der Waals surface area contributed by atoms with Crippen molar-refractivity contribution in [2.45, 2.75) is 12.5 Å². The first-order chi connectivity index (χ1) is 5.65. The summed E-state index contributed by atoms with van der Waals surface area (Å²) in [5.41, 5.74) is 0. The molecular weight excluding hydrogens is 158 g/mol. The molecule has 2 N–H and O–H groups in total. The molecule has 0 aromatic carbocycles. The summed E-state index contributed by atoms with van der Waals surface area (Å²) in [5, 5.41) is 18.0. The Bertz CT molecular complexity index is 193. The molecule has 0 radical (unpaired) electrons. The third-order valence-electron chi connectivity index (χ3n) is 2.15. The van der Waals surface area contributed by atoms with E-state index in [0.717, 1.165) is 0 Å². The van der Waals surface area contributed by atoms with Gasteiger partial charge in [0.05, 0.1) is 12.6 Å². The van der Waals surface area contributed by atoms with E-state index in [1.807, 2.05) is 0 Å². The number of rotatable bonds is 2. The lowest BCUT2D eigenvalue weighted by atomic mass is 10.0. The number of β-amino-alcohol motifs (C(OH)–C–C–N with tert-alkyl or cyclic N) is 1. The molecule has 2 atom stereocenters. The number of aliphatic hydroxyl groups is 1. The zero-order chi connectivity index (χ0) is 9.14. The Morgan fingerprint density at radius 2 is 2.33 bits per heavy atom. The van der Waals surface area contributed by atoms with Gasteiger partial charge >= 0.3 is 6.09 Å². The van der Waals surface area contributed by atoms with Crippen LogP contribution >= 0.6 is 0 Å². The number of hydrogen-bond acceptors (Lipinski definition) is 2. The first-order valence-electron chi connectivity index (χ1n) is 3.92. The van der Waals surface area contributed by atoms with E-state index >= 15 is 0 Å². The zero-order valence-corrected chi connectivity index (χ0v) is 6.81. The van der Waals surface area contributed by atoms with Gasteiger partial charge in [-0.05, 0) is 6.42 Å². The Labute approximate surface area is 71.1 Å². The lowest BCUT2D eigenvalue weighted by Crippen LogP contribution is -2.27. The van der Waals surface area contributed by atoms with Gasteiger partial charge in [0.2, 0.25) is 0 Å². The first-order valence-corrected chi connectivity index (χ1v) is 3.92. The number of likely N-dealkylation sites (tertiary alicyclic amines) is 1. The topological polar surface area (TPSA) is 60.8 Å². The second-order valence-corrected chi connectivity index (χ2v) is 3.04. The van der Waals surface area contributed by atoms with Gasteiger partial charge in [-0.15, -0.1) is 6.58 Å². The Hall–Kier alpha value is -1.03. The quantitative estimate of drug-likeness (QED) is 0.596. The molecule has 68 valence electrons. The van der Waals surface area contributed by atoms with Crippen molar-refractivity contribution in [2.24, 2.45) is 5.92 Å². The van der Waals surface area contributed by atoms with Crippen LogP contribution in [0.15, 0.2) is 12.7 Å². The van der Waals surface area contributed by atoms with Crippen LogP contribution in [0, 0.1) is 5.92 Å². The van der Waals surface area contributed by atoms with E-state index in [0.29, 0.717) is 13.0 Å². The van der Waals surface area contributed by atoms with Crippen molar-refractivity contribution < 1.29 is 15.0 Å². The molecule has 0 spiro atoms. The molecule has 0 bridgehead atoms. The van der Waals surface area contributed by atoms with Crippen molar-refractivity contribution in [1.82, 2.24) is 4.90 Å². The Balaban J connectivity index is 2.49. The van der Waals surface area contributed by atoms with E-state index in [-0.39, 0.29) is 12.5 Å². The van der Waals surface area contributed by atoms with Gasteiger partial charge in [0, 0.05) is 12.5 Å². The summed E-state index contributed by atoms with van der Waals surface area (Å²) in [5.74, 6) is 0.0265. The normalized spacial score (nSPS) is 28.9. The zero-order valence-electron chi connectivity index (χ0n) is 6.81. The molecule has 1 saturated heterocycles. The van der Waals surface area contributed by atoms with Crippen molar-refractivity contribution in [3.8, 4) is 0 Å². The van der Waals surface area contributed by atoms with E-state index < -0.39 is 12.2 Å². The second kappa shape index (κ2) is 3.58. The second-order valence-electron chi connectivity index (χ2n) is 3.04. The van der Waals surface area contributed by atoms with Crippen LogP contribution in [0.1, 0.15) is 6.42 Å². The van der Waals surface area contributed by atoms with Crippen LogP contribution in [0.25, 0.3) is 0 Å². The van der Waals surface area contributed by atoms with Gasteiger partial charge < -0.3 is 15.1 Å². The lowest BCUT2D eigenvalue weighted by molar-refractivity contribution is 0.132. The molecule has 0 saturated carbocycles. The molecule has 1 rings (SSSR count). The molecule has 1 aliphatic heterocycles. The maximum Gasteiger partial charge on any atom is 0.407 e. The highest BCUT2D eigenvalue weighted by Gasteiger charge is 2.32. The van der Waals surface area contributed by atoms with E-state index in [1.165, 1.54) is 4.90 Å². The van der Waals surface area contributed by atoms with E-state index in [1.54, 1.807) is 6.08 Å². The van der Waals surface area contributed by atoms with Gasteiger partial charge in [-0.2, -0.15) is 0 Å². The summed E-state index contributed by atoms with van der Waals surface area (Å²) in [6, 6.07) is 0. The highest BCUT2D eigenvalue weighted by Crippen LogP contribution is 2.20. The van der Waals surface area contributed by atoms with Crippen LogP contribution < -0.4 is 0 Å². The summed E-state index contributed by atoms with van der Waals surface area (Å²) < 4.78 is 0. The van der Waals surface area contributed by atoms with Crippen molar-refractivity contribution >= 4 is 6.09 Å².